The summed E-state index contributed by atoms with van der Waals surface area (Å²) >= 11 is 1.96. The zero-order valence-electron chi connectivity index (χ0n) is 28.8. The number of fused-ring (bicyclic) bond motifs is 9. The fourth-order valence-corrected chi connectivity index (χ4v) is 10.4. The molecule has 50 heavy (non-hydrogen) atoms. The van der Waals surface area contributed by atoms with Crippen LogP contribution in [0.4, 0.5) is 0 Å². The van der Waals surface area contributed by atoms with Crippen LogP contribution in [0, 0.1) is 13.8 Å². The van der Waals surface area contributed by atoms with Crippen LogP contribution in [0.3, 0.4) is 0 Å². The molecule has 0 saturated carbocycles. The molecule has 0 radical (unpaired) electrons. The van der Waals surface area contributed by atoms with E-state index in [0.29, 0.717) is 0 Å². The molecule has 8 aromatic carbocycles. The van der Waals surface area contributed by atoms with E-state index in [1.54, 1.807) is 0 Å². The van der Waals surface area contributed by atoms with Gasteiger partial charge in [0.25, 0.3) is 0 Å². The summed E-state index contributed by atoms with van der Waals surface area (Å²) in [6, 6.07) is 54.5. The molecule has 0 unspecified atom stereocenters. The maximum Gasteiger partial charge on any atom is 0.0437 e. The number of rotatable bonds is 3. The van der Waals surface area contributed by atoms with E-state index >= 15 is 0 Å². The Morgan fingerprint density at radius 3 is 1.66 bits per heavy atom. The predicted molar refractivity (Wildman–Crippen MR) is 218 cm³/mol. The Hall–Kier alpha value is -5.50. The van der Waals surface area contributed by atoms with Crippen LogP contribution in [0.5, 0.6) is 0 Å². The van der Waals surface area contributed by atoms with Gasteiger partial charge in [0.2, 0.25) is 0 Å². The van der Waals surface area contributed by atoms with Gasteiger partial charge in [-0.05, 0) is 109 Å². The summed E-state index contributed by atoms with van der Waals surface area (Å²) in [7, 11) is 0. The molecule has 0 nitrogen and oxygen atoms in total. The molecule has 238 valence electrons. The zero-order valence-corrected chi connectivity index (χ0v) is 29.6. The van der Waals surface area contributed by atoms with Gasteiger partial charge < -0.3 is 0 Å². The fourth-order valence-electron chi connectivity index (χ4n) is 8.93. The number of benzene rings is 8. The summed E-state index contributed by atoms with van der Waals surface area (Å²) in [5.41, 5.74) is 15.9. The van der Waals surface area contributed by atoms with Crippen molar-refractivity contribution in [3.05, 3.63) is 168 Å². The third-order valence-corrected chi connectivity index (χ3v) is 12.4. The number of hydrogen-bond acceptors (Lipinski definition) is 1. The highest BCUT2D eigenvalue weighted by Gasteiger charge is 2.37. The first-order chi connectivity index (χ1) is 24.4. The second kappa shape index (κ2) is 10.7. The maximum absolute atomic E-state index is 2.51. The summed E-state index contributed by atoms with van der Waals surface area (Å²) in [5, 5.41) is 7.95. The number of aryl methyl sites for hydroxylation is 2. The minimum absolute atomic E-state index is 0.109. The smallest absolute Gasteiger partial charge is 0.0437 e. The van der Waals surface area contributed by atoms with Crippen molar-refractivity contribution in [2.24, 2.45) is 0 Å². The Kier molecular flexibility index (Phi) is 6.32. The lowest BCUT2D eigenvalue weighted by Gasteiger charge is -2.23. The molecule has 1 heterocycles. The maximum atomic E-state index is 2.51. The van der Waals surface area contributed by atoms with E-state index in [-0.39, 0.29) is 5.41 Å². The Morgan fingerprint density at radius 1 is 0.440 bits per heavy atom. The van der Waals surface area contributed by atoms with Gasteiger partial charge in [0.05, 0.1) is 0 Å². The van der Waals surface area contributed by atoms with E-state index in [1.807, 2.05) is 11.3 Å². The lowest BCUT2D eigenvalue weighted by Crippen LogP contribution is -2.15. The molecule has 0 spiro atoms. The van der Waals surface area contributed by atoms with E-state index < -0.39 is 0 Å². The lowest BCUT2D eigenvalue weighted by molar-refractivity contribution is 0.661. The standard InChI is InChI=1S/C49H36S/c1-29-26-30(2)44-40-24-25-41-47(48(40)50-43(44)27-29)39-23-22-34(28-42(39)49(41,3)4)46-37-16-10-8-14-35(37)45(36-15-9-11-17-38(36)46)33-20-18-32(19-21-33)31-12-6-5-7-13-31/h5-28H,1-4H3. The van der Waals surface area contributed by atoms with Crippen LogP contribution in [0.25, 0.3) is 86.2 Å². The van der Waals surface area contributed by atoms with E-state index in [0.717, 1.165) is 0 Å². The fraction of sp³-hybridized carbons (Fsp3) is 0.102. The van der Waals surface area contributed by atoms with Gasteiger partial charge in [0.15, 0.2) is 0 Å². The van der Waals surface area contributed by atoms with Crippen molar-refractivity contribution < 1.29 is 0 Å². The predicted octanol–water partition coefficient (Wildman–Crippen LogP) is 14.3. The van der Waals surface area contributed by atoms with Crippen LogP contribution in [0.2, 0.25) is 0 Å². The van der Waals surface area contributed by atoms with Gasteiger partial charge in [0, 0.05) is 31.2 Å². The summed E-state index contributed by atoms with van der Waals surface area (Å²) < 4.78 is 2.81. The quantitative estimate of drug-likeness (QED) is 0.166. The van der Waals surface area contributed by atoms with Crippen LogP contribution >= 0.6 is 11.3 Å². The van der Waals surface area contributed by atoms with Crippen molar-refractivity contribution in [2.45, 2.75) is 33.1 Å². The average Bonchev–Trinajstić information content (AvgIpc) is 3.62. The topological polar surface area (TPSA) is 0 Å². The Labute approximate surface area is 297 Å². The van der Waals surface area contributed by atoms with E-state index in [1.165, 1.54) is 108 Å². The third-order valence-electron chi connectivity index (χ3n) is 11.2. The largest absolute Gasteiger partial charge is 0.135 e. The molecule has 9 aromatic rings. The molecule has 1 heteroatoms. The molecule has 0 fully saturated rings. The van der Waals surface area contributed by atoms with Crippen LogP contribution in [0.15, 0.2) is 146 Å². The molecule has 0 bridgehead atoms. The molecule has 10 rings (SSSR count). The van der Waals surface area contributed by atoms with Crippen molar-refractivity contribution >= 4 is 53.1 Å². The molecule has 0 aliphatic heterocycles. The number of thiophene rings is 1. The lowest BCUT2D eigenvalue weighted by atomic mass is 9.80. The van der Waals surface area contributed by atoms with Crippen molar-refractivity contribution in [3.63, 3.8) is 0 Å². The van der Waals surface area contributed by atoms with Gasteiger partial charge in [-0.2, -0.15) is 0 Å². The van der Waals surface area contributed by atoms with Gasteiger partial charge in [-0.1, -0.05) is 147 Å². The van der Waals surface area contributed by atoms with Crippen LogP contribution in [-0.2, 0) is 5.41 Å². The monoisotopic (exact) mass is 656 g/mol. The van der Waals surface area contributed by atoms with E-state index in [2.05, 4.69) is 173 Å². The molecule has 0 amide bonds. The van der Waals surface area contributed by atoms with Gasteiger partial charge in [0.1, 0.15) is 0 Å². The van der Waals surface area contributed by atoms with Gasteiger partial charge in [-0.15, -0.1) is 11.3 Å². The van der Waals surface area contributed by atoms with E-state index in [9.17, 15) is 0 Å². The Bertz CT molecular complexity index is 2770. The Balaban J connectivity index is 1.19. The van der Waals surface area contributed by atoms with Crippen LogP contribution in [0.1, 0.15) is 36.1 Å². The number of hydrogen-bond donors (Lipinski definition) is 0. The van der Waals surface area contributed by atoms with Crippen molar-refractivity contribution in [3.8, 4) is 44.5 Å². The molecule has 0 atom stereocenters. The Morgan fingerprint density at radius 2 is 1.00 bits per heavy atom. The van der Waals surface area contributed by atoms with Gasteiger partial charge >= 0.3 is 0 Å². The van der Waals surface area contributed by atoms with Gasteiger partial charge in [-0.25, -0.2) is 0 Å². The van der Waals surface area contributed by atoms with Gasteiger partial charge in [-0.3, -0.25) is 0 Å². The van der Waals surface area contributed by atoms with Crippen LogP contribution in [-0.4, -0.2) is 0 Å². The van der Waals surface area contributed by atoms with Crippen molar-refractivity contribution in [1.82, 2.24) is 0 Å². The molecule has 1 aliphatic carbocycles. The zero-order chi connectivity index (χ0) is 33.7. The molecular weight excluding hydrogens is 621 g/mol. The molecule has 0 saturated heterocycles. The molecule has 1 aromatic heterocycles. The second-order valence-corrected chi connectivity index (χ2v) is 15.6. The molecule has 1 aliphatic rings. The highest BCUT2D eigenvalue weighted by Crippen LogP contribution is 2.55. The summed E-state index contributed by atoms with van der Waals surface area (Å²) in [6.45, 7) is 9.30. The highest BCUT2D eigenvalue weighted by atomic mass is 32.1. The molecular formula is C49H36S. The average molecular weight is 657 g/mol. The third kappa shape index (κ3) is 4.17. The van der Waals surface area contributed by atoms with Crippen LogP contribution < -0.4 is 0 Å². The van der Waals surface area contributed by atoms with Crippen molar-refractivity contribution in [2.75, 3.05) is 0 Å². The van der Waals surface area contributed by atoms with E-state index in [4.69, 9.17) is 0 Å². The summed E-state index contributed by atoms with van der Waals surface area (Å²) in [4.78, 5) is 0. The summed E-state index contributed by atoms with van der Waals surface area (Å²) in [5.74, 6) is 0. The SMILES string of the molecule is Cc1cc(C)c2c(c1)sc1c3c(ccc12)C(C)(C)c1cc(-c2c4ccccc4c(-c4ccc(-c5ccccc5)cc4)c4ccccc24)ccc1-3. The first-order valence-electron chi connectivity index (χ1n) is 17.6. The highest BCUT2D eigenvalue weighted by molar-refractivity contribution is 7.26. The van der Waals surface area contributed by atoms with Crippen molar-refractivity contribution in [1.29, 1.82) is 0 Å². The molecule has 0 N–H and O–H groups in total. The summed E-state index contributed by atoms with van der Waals surface area (Å²) in [6.07, 6.45) is 0. The normalized spacial score (nSPS) is 13.4. The minimum Gasteiger partial charge on any atom is -0.135 e. The first-order valence-corrected chi connectivity index (χ1v) is 18.4. The second-order valence-electron chi connectivity index (χ2n) is 14.6. The minimum atomic E-state index is -0.109. The first kappa shape index (κ1) is 29.4.